The van der Waals surface area contributed by atoms with Gasteiger partial charge in [0.25, 0.3) is 0 Å². The molecule has 1 aromatic carbocycles. The van der Waals surface area contributed by atoms with Crippen LogP contribution in [0.2, 0.25) is 0 Å². The number of aryl methyl sites for hydroxylation is 2. The Kier molecular flexibility index (Phi) is 5.10. The molecule has 140 valence electrons. The van der Waals surface area contributed by atoms with Gasteiger partial charge >= 0.3 is 5.97 Å². The number of esters is 1. The Bertz CT molecular complexity index is 923. The van der Waals surface area contributed by atoms with Crippen molar-refractivity contribution in [2.75, 3.05) is 20.2 Å². The third kappa shape index (κ3) is 3.24. The van der Waals surface area contributed by atoms with Crippen LogP contribution in [0.1, 0.15) is 40.5 Å². The predicted octanol–water partition coefficient (Wildman–Crippen LogP) is 1.48. The Balaban J connectivity index is 1.97. The highest BCUT2D eigenvalue weighted by atomic mass is 32.2. The zero-order chi connectivity index (χ0) is 18.9. The maximum atomic E-state index is 13.3. The number of benzene rings is 1. The van der Waals surface area contributed by atoms with Gasteiger partial charge in [0.05, 0.1) is 17.6 Å². The van der Waals surface area contributed by atoms with Crippen molar-refractivity contribution in [3.05, 3.63) is 41.5 Å². The lowest BCUT2D eigenvalue weighted by atomic mass is 9.99. The van der Waals surface area contributed by atoms with E-state index in [9.17, 15) is 13.2 Å². The number of rotatable bonds is 4. The molecule has 1 aliphatic heterocycles. The minimum absolute atomic E-state index is 0.0111. The van der Waals surface area contributed by atoms with Crippen molar-refractivity contribution in [3.63, 3.8) is 0 Å². The van der Waals surface area contributed by atoms with Gasteiger partial charge in [-0.15, -0.1) is 10.2 Å². The Morgan fingerprint density at radius 2 is 2.12 bits per heavy atom. The Labute approximate surface area is 152 Å². The normalized spacial score (nSPS) is 18.7. The van der Waals surface area contributed by atoms with Crippen molar-refractivity contribution in [3.8, 4) is 0 Å². The fraction of sp³-hybridized carbons (Fsp3) is 0.471. The SMILES string of the molecule is COC(=O)c1c(C)cccc1S(=O)(=O)N1CCC[C@H](c2nncn2C)C1. The van der Waals surface area contributed by atoms with Gasteiger partial charge in [0, 0.05) is 26.1 Å². The summed E-state index contributed by atoms with van der Waals surface area (Å²) in [5.41, 5.74) is 0.663. The quantitative estimate of drug-likeness (QED) is 0.748. The second-order valence-corrected chi connectivity index (χ2v) is 8.35. The Morgan fingerprint density at radius 1 is 1.35 bits per heavy atom. The smallest absolute Gasteiger partial charge is 0.339 e. The first-order chi connectivity index (χ1) is 12.4. The van der Waals surface area contributed by atoms with Crippen LogP contribution in [0.25, 0.3) is 0 Å². The number of carbonyl (C=O) groups is 1. The van der Waals surface area contributed by atoms with Crippen LogP contribution >= 0.6 is 0 Å². The van der Waals surface area contributed by atoms with Crippen molar-refractivity contribution in [2.24, 2.45) is 7.05 Å². The molecule has 0 saturated carbocycles. The van der Waals surface area contributed by atoms with E-state index in [1.165, 1.54) is 17.5 Å². The average molecular weight is 378 g/mol. The maximum Gasteiger partial charge on any atom is 0.339 e. The summed E-state index contributed by atoms with van der Waals surface area (Å²) in [7, 11) is -0.740. The molecule has 8 nitrogen and oxygen atoms in total. The molecule has 1 saturated heterocycles. The molecule has 2 aromatic rings. The number of carbonyl (C=O) groups excluding carboxylic acids is 1. The summed E-state index contributed by atoms with van der Waals surface area (Å²) in [4.78, 5) is 12.1. The van der Waals surface area contributed by atoms with Crippen molar-refractivity contribution in [1.82, 2.24) is 19.1 Å². The second-order valence-electron chi connectivity index (χ2n) is 6.44. The molecule has 26 heavy (non-hydrogen) atoms. The number of piperidine rings is 1. The molecule has 0 radical (unpaired) electrons. The summed E-state index contributed by atoms with van der Waals surface area (Å²) in [6.07, 6.45) is 3.17. The molecule has 0 N–H and O–H groups in total. The van der Waals surface area contributed by atoms with Gasteiger partial charge in [-0.1, -0.05) is 12.1 Å². The topological polar surface area (TPSA) is 94.4 Å². The first-order valence-corrected chi connectivity index (χ1v) is 9.82. The summed E-state index contributed by atoms with van der Waals surface area (Å²) in [6.45, 7) is 2.42. The van der Waals surface area contributed by atoms with Gasteiger partial charge in [0.1, 0.15) is 12.2 Å². The predicted molar refractivity (Wildman–Crippen MR) is 94.3 cm³/mol. The lowest BCUT2D eigenvalue weighted by molar-refractivity contribution is 0.0595. The molecule has 2 heterocycles. The molecule has 0 amide bonds. The van der Waals surface area contributed by atoms with Crippen LogP contribution in [-0.4, -0.2) is 53.7 Å². The second kappa shape index (κ2) is 7.16. The van der Waals surface area contributed by atoms with Gasteiger partial charge in [0.2, 0.25) is 10.0 Å². The van der Waals surface area contributed by atoms with Crippen LogP contribution in [0.4, 0.5) is 0 Å². The van der Waals surface area contributed by atoms with E-state index in [4.69, 9.17) is 4.74 Å². The van der Waals surface area contributed by atoms with Gasteiger partial charge < -0.3 is 9.30 Å². The summed E-state index contributed by atoms with van der Waals surface area (Å²) < 4.78 is 34.5. The molecule has 1 aliphatic rings. The fourth-order valence-electron chi connectivity index (χ4n) is 3.39. The summed E-state index contributed by atoms with van der Waals surface area (Å²) in [5, 5.41) is 8.01. The number of ether oxygens (including phenoxy) is 1. The lowest BCUT2D eigenvalue weighted by Gasteiger charge is -2.31. The molecule has 1 atom stereocenters. The van der Waals surface area contributed by atoms with Crippen molar-refractivity contribution in [2.45, 2.75) is 30.6 Å². The zero-order valence-corrected chi connectivity index (χ0v) is 15.9. The van der Waals surface area contributed by atoms with Gasteiger partial charge in [-0.25, -0.2) is 13.2 Å². The van der Waals surface area contributed by atoms with Crippen molar-refractivity contribution < 1.29 is 17.9 Å². The zero-order valence-electron chi connectivity index (χ0n) is 15.0. The van der Waals surface area contributed by atoms with E-state index in [0.717, 1.165) is 18.7 Å². The molecule has 0 aliphatic carbocycles. The molecule has 1 aromatic heterocycles. The van der Waals surface area contributed by atoms with Crippen LogP contribution in [0, 0.1) is 6.92 Å². The van der Waals surface area contributed by atoms with E-state index in [2.05, 4.69) is 10.2 Å². The average Bonchev–Trinajstić information content (AvgIpc) is 3.07. The number of sulfonamides is 1. The van der Waals surface area contributed by atoms with Crippen LogP contribution < -0.4 is 0 Å². The molecular formula is C17H22N4O4S. The number of hydrogen-bond acceptors (Lipinski definition) is 6. The van der Waals surface area contributed by atoms with E-state index in [0.29, 0.717) is 18.7 Å². The first kappa shape index (κ1) is 18.5. The standard InChI is InChI=1S/C17H22N4O4S/c1-12-6-4-8-14(15(12)17(22)25-3)26(23,24)21-9-5-7-13(10-21)16-19-18-11-20(16)2/h4,6,8,11,13H,5,7,9-10H2,1-3H3/t13-/m0/s1. The first-order valence-electron chi connectivity index (χ1n) is 8.38. The largest absolute Gasteiger partial charge is 0.465 e. The third-order valence-corrected chi connectivity index (χ3v) is 6.65. The molecule has 9 heteroatoms. The highest BCUT2D eigenvalue weighted by Gasteiger charge is 2.35. The fourth-order valence-corrected chi connectivity index (χ4v) is 5.17. The van der Waals surface area contributed by atoms with E-state index in [1.54, 1.807) is 25.4 Å². The number of nitrogens with zero attached hydrogens (tertiary/aromatic N) is 4. The van der Waals surface area contributed by atoms with Crippen molar-refractivity contribution in [1.29, 1.82) is 0 Å². The van der Waals surface area contributed by atoms with Crippen LogP contribution in [0.15, 0.2) is 29.4 Å². The highest BCUT2D eigenvalue weighted by Crippen LogP contribution is 2.31. The molecule has 3 rings (SSSR count). The minimum Gasteiger partial charge on any atom is -0.465 e. The highest BCUT2D eigenvalue weighted by molar-refractivity contribution is 7.89. The summed E-state index contributed by atoms with van der Waals surface area (Å²) in [6, 6.07) is 4.79. The van der Waals surface area contributed by atoms with Gasteiger partial charge in [-0.3, -0.25) is 0 Å². The van der Waals surface area contributed by atoms with Crippen molar-refractivity contribution >= 4 is 16.0 Å². The van der Waals surface area contributed by atoms with Crippen LogP contribution in [-0.2, 0) is 21.8 Å². The third-order valence-electron chi connectivity index (χ3n) is 4.74. The molecule has 1 fully saturated rings. The van der Waals surface area contributed by atoms with E-state index in [-0.39, 0.29) is 16.4 Å². The van der Waals surface area contributed by atoms with Gasteiger partial charge in [0.15, 0.2) is 0 Å². The lowest BCUT2D eigenvalue weighted by Crippen LogP contribution is -2.40. The molecule has 0 spiro atoms. The summed E-state index contributed by atoms with van der Waals surface area (Å²) in [5.74, 6) is 0.0864. The van der Waals surface area contributed by atoms with Crippen LogP contribution in [0.5, 0.6) is 0 Å². The molecule has 0 unspecified atom stereocenters. The Hall–Kier alpha value is -2.26. The Morgan fingerprint density at radius 3 is 2.77 bits per heavy atom. The van der Waals surface area contributed by atoms with Gasteiger partial charge in [-0.05, 0) is 31.4 Å². The maximum absolute atomic E-state index is 13.3. The molecule has 0 bridgehead atoms. The van der Waals surface area contributed by atoms with E-state index < -0.39 is 16.0 Å². The summed E-state index contributed by atoms with van der Waals surface area (Å²) >= 11 is 0. The number of hydrogen-bond donors (Lipinski definition) is 0. The molecular weight excluding hydrogens is 356 g/mol. The minimum atomic E-state index is -3.83. The number of aromatic nitrogens is 3. The monoisotopic (exact) mass is 378 g/mol. The number of methoxy groups -OCH3 is 1. The van der Waals surface area contributed by atoms with Crippen LogP contribution in [0.3, 0.4) is 0 Å². The van der Waals surface area contributed by atoms with E-state index in [1.807, 2.05) is 11.6 Å². The van der Waals surface area contributed by atoms with E-state index >= 15 is 0 Å². The van der Waals surface area contributed by atoms with Gasteiger partial charge in [-0.2, -0.15) is 4.31 Å².